The van der Waals surface area contributed by atoms with Crippen molar-refractivity contribution in [3.05, 3.63) is 59.5 Å². The first-order chi connectivity index (χ1) is 12.6. The number of pyridine rings is 1. The number of nitrogens with two attached hydrogens (primary N) is 1. The number of anilines is 1. The number of aryl methyl sites for hydroxylation is 1. The lowest BCUT2D eigenvalue weighted by Gasteiger charge is -2.14. The lowest BCUT2D eigenvalue weighted by molar-refractivity contribution is 0.102. The summed E-state index contributed by atoms with van der Waals surface area (Å²) in [5.41, 5.74) is 8.01. The van der Waals surface area contributed by atoms with Crippen molar-refractivity contribution in [3.63, 3.8) is 0 Å². The van der Waals surface area contributed by atoms with Gasteiger partial charge in [0.05, 0.1) is 22.5 Å². The molecule has 0 spiro atoms. The molecule has 3 rings (SSSR count). The number of nitrogens with zero attached hydrogens (tertiary/aromatic N) is 3. The number of ether oxygens (including phenoxy) is 1. The predicted octanol–water partition coefficient (Wildman–Crippen LogP) is 2.73. The average molecular weight is 372 g/mol. The zero-order chi connectivity index (χ0) is 18.5. The first-order valence-corrected chi connectivity index (χ1v) is 8.34. The summed E-state index contributed by atoms with van der Waals surface area (Å²) in [7, 11) is 1.79. The van der Waals surface area contributed by atoms with E-state index >= 15 is 0 Å². The SMILES string of the molecule is Cn1ncc(Cl)c1-c1cc(NC(=O)c2cccnc2)ccc1OCCN. The molecule has 8 heteroatoms. The number of carbonyl (C=O) groups is 1. The van der Waals surface area contributed by atoms with E-state index in [0.29, 0.717) is 46.4 Å². The van der Waals surface area contributed by atoms with Crippen molar-refractivity contribution in [2.24, 2.45) is 12.8 Å². The van der Waals surface area contributed by atoms with Crippen molar-refractivity contribution in [2.75, 3.05) is 18.5 Å². The van der Waals surface area contributed by atoms with Gasteiger partial charge in [0.2, 0.25) is 0 Å². The molecule has 0 aliphatic carbocycles. The largest absolute Gasteiger partial charge is 0.492 e. The number of amides is 1. The Hall–Kier alpha value is -2.90. The minimum Gasteiger partial charge on any atom is -0.492 e. The van der Waals surface area contributed by atoms with Crippen LogP contribution in [0.5, 0.6) is 5.75 Å². The first-order valence-electron chi connectivity index (χ1n) is 7.96. The van der Waals surface area contributed by atoms with Crippen molar-refractivity contribution >= 4 is 23.2 Å². The Kier molecular flexibility index (Phi) is 5.50. The van der Waals surface area contributed by atoms with E-state index in [-0.39, 0.29) is 5.91 Å². The van der Waals surface area contributed by atoms with Crippen molar-refractivity contribution in [3.8, 4) is 17.0 Å². The topological polar surface area (TPSA) is 95.1 Å². The number of aromatic nitrogens is 3. The second kappa shape index (κ2) is 7.99. The van der Waals surface area contributed by atoms with Gasteiger partial charge in [0.15, 0.2) is 0 Å². The molecule has 26 heavy (non-hydrogen) atoms. The van der Waals surface area contributed by atoms with Crippen LogP contribution in [0.4, 0.5) is 5.69 Å². The minimum atomic E-state index is -0.254. The first kappa shape index (κ1) is 17.9. The molecule has 0 unspecified atom stereocenters. The Balaban J connectivity index is 1.96. The number of halogens is 1. The third-order valence-corrected chi connectivity index (χ3v) is 3.96. The summed E-state index contributed by atoms with van der Waals surface area (Å²) in [6, 6.07) is 8.73. The highest BCUT2D eigenvalue weighted by Gasteiger charge is 2.16. The molecule has 134 valence electrons. The molecule has 0 bridgehead atoms. The van der Waals surface area contributed by atoms with E-state index in [4.69, 9.17) is 22.1 Å². The Labute approximate surface area is 155 Å². The molecule has 0 atom stereocenters. The standard InChI is InChI=1S/C18H18ClN5O2/c1-24-17(15(19)11-22-24)14-9-13(4-5-16(14)26-8-6-20)23-18(25)12-3-2-7-21-10-12/h2-5,7,9-11H,6,8,20H2,1H3,(H,23,25). The molecular weight excluding hydrogens is 354 g/mol. The van der Waals surface area contributed by atoms with Gasteiger partial charge in [0.1, 0.15) is 12.4 Å². The molecule has 2 heterocycles. The number of rotatable bonds is 6. The summed E-state index contributed by atoms with van der Waals surface area (Å²) in [6.07, 6.45) is 4.68. The van der Waals surface area contributed by atoms with Gasteiger partial charge in [-0.25, -0.2) is 0 Å². The van der Waals surface area contributed by atoms with Crippen LogP contribution in [0.25, 0.3) is 11.3 Å². The van der Waals surface area contributed by atoms with Crippen LogP contribution in [0.1, 0.15) is 10.4 Å². The van der Waals surface area contributed by atoms with Gasteiger partial charge < -0.3 is 15.8 Å². The summed E-state index contributed by atoms with van der Waals surface area (Å²) in [5, 5.41) is 7.50. The van der Waals surface area contributed by atoms with E-state index in [1.807, 2.05) is 0 Å². The molecule has 2 aromatic heterocycles. The molecule has 0 fully saturated rings. The summed E-state index contributed by atoms with van der Waals surface area (Å²) in [6.45, 7) is 0.752. The van der Waals surface area contributed by atoms with Crippen LogP contribution in [-0.2, 0) is 7.05 Å². The van der Waals surface area contributed by atoms with E-state index in [0.717, 1.165) is 0 Å². The Bertz CT molecular complexity index is 892. The van der Waals surface area contributed by atoms with Gasteiger partial charge in [-0.15, -0.1) is 0 Å². The molecule has 1 amide bonds. The van der Waals surface area contributed by atoms with Gasteiger partial charge in [-0.2, -0.15) is 5.10 Å². The Morgan fingerprint density at radius 1 is 1.35 bits per heavy atom. The van der Waals surface area contributed by atoms with Crippen molar-refractivity contribution < 1.29 is 9.53 Å². The second-order valence-corrected chi connectivity index (χ2v) is 5.92. The van der Waals surface area contributed by atoms with Gasteiger partial charge in [0.25, 0.3) is 5.91 Å². The van der Waals surface area contributed by atoms with Crippen molar-refractivity contribution in [1.29, 1.82) is 0 Å². The Morgan fingerprint density at radius 2 is 2.19 bits per heavy atom. The van der Waals surface area contributed by atoms with Crippen LogP contribution in [0, 0.1) is 0 Å². The number of hydrogen-bond acceptors (Lipinski definition) is 5. The monoisotopic (exact) mass is 371 g/mol. The van der Waals surface area contributed by atoms with E-state index in [1.165, 1.54) is 6.20 Å². The zero-order valence-corrected chi connectivity index (χ0v) is 14.9. The van der Waals surface area contributed by atoms with Gasteiger partial charge in [-0.3, -0.25) is 14.5 Å². The van der Waals surface area contributed by atoms with Crippen LogP contribution < -0.4 is 15.8 Å². The number of hydrogen-bond donors (Lipinski definition) is 2. The number of nitrogens with one attached hydrogen (secondary N) is 1. The van der Waals surface area contributed by atoms with E-state index in [9.17, 15) is 4.79 Å². The average Bonchev–Trinajstić information content (AvgIpc) is 2.99. The van der Waals surface area contributed by atoms with E-state index < -0.39 is 0 Å². The molecular formula is C18H18ClN5O2. The molecule has 1 aromatic carbocycles. The molecule has 0 aliphatic rings. The summed E-state index contributed by atoms with van der Waals surface area (Å²) < 4.78 is 7.37. The third kappa shape index (κ3) is 3.84. The van der Waals surface area contributed by atoms with Crippen LogP contribution in [0.3, 0.4) is 0 Å². The molecule has 7 nitrogen and oxygen atoms in total. The van der Waals surface area contributed by atoms with E-state index in [1.54, 1.807) is 54.5 Å². The molecule has 0 saturated heterocycles. The predicted molar refractivity (Wildman–Crippen MR) is 100 cm³/mol. The van der Waals surface area contributed by atoms with Crippen LogP contribution in [-0.4, -0.2) is 33.8 Å². The minimum absolute atomic E-state index is 0.254. The van der Waals surface area contributed by atoms with Gasteiger partial charge in [-0.1, -0.05) is 11.6 Å². The maximum Gasteiger partial charge on any atom is 0.257 e. The zero-order valence-electron chi connectivity index (χ0n) is 14.1. The molecule has 0 radical (unpaired) electrons. The number of carbonyl (C=O) groups excluding carboxylic acids is 1. The molecule has 0 saturated carbocycles. The maximum absolute atomic E-state index is 12.4. The maximum atomic E-state index is 12.4. The van der Waals surface area contributed by atoms with Crippen LogP contribution in [0.15, 0.2) is 48.9 Å². The molecule has 3 N–H and O–H groups in total. The summed E-state index contributed by atoms with van der Waals surface area (Å²) in [5.74, 6) is 0.358. The normalized spacial score (nSPS) is 10.6. The highest BCUT2D eigenvalue weighted by Crippen LogP contribution is 2.36. The van der Waals surface area contributed by atoms with Crippen LogP contribution in [0.2, 0.25) is 5.02 Å². The van der Waals surface area contributed by atoms with Gasteiger partial charge >= 0.3 is 0 Å². The molecule has 3 aromatic rings. The van der Waals surface area contributed by atoms with Crippen molar-refractivity contribution in [1.82, 2.24) is 14.8 Å². The fraction of sp³-hybridized carbons (Fsp3) is 0.167. The van der Waals surface area contributed by atoms with Crippen molar-refractivity contribution in [2.45, 2.75) is 0 Å². The summed E-state index contributed by atoms with van der Waals surface area (Å²) >= 11 is 6.28. The van der Waals surface area contributed by atoms with Crippen LogP contribution >= 0.6 is 11.6 Å². The highest BCUT2D eigenvalue weighted by molar-refractivity contribution is 6.33. The second-order valence-electron chi connectivity index (χ2n) is 5.51. The smallest absolute Gasteiger partial charge is 0.257 e. The van der Waals surface area contributed by atoms with Gasteiger partial charge in [0, 0.05) is 37.2 Å². The highest BCUT2D eigenvalue weighted by atomic mass is 35.5. The fourth-order valence-electron chi connectivity index (χ4n) is 2.50. The Morgan fingerprint density at radius 3 is 2.85 bits per heavy atom. The summed E-state index contributed by atoms with van der Waals surface area (Å²) in [4.78, 5) is 16.3. The third-order valence-electron chi connectivity index (χ3n) is 3.69. The lowest BCUT2D eigenvalue weighted by Crippen LogP contribution is -2.13. The molecule has 0 aliphatic heterocycles. The van der Waals surface area contributed by atoms with E-state index in [2.05, 4.69) is 15.4 Å². The fourth-order valence-corrected chi connectivity index (χ4v) is 2.77. The quantitative estimate of drug-likeness (QED) is 0.694. The van der Waals surface area contributed by atoms with Gasteiger partial charge in [-0.05, 0) is 30.3 Å². The number of benzene rings is 1. The lowest BCUT2D eigenvalue weighted by atomic mass is 10.1.